The zero-order chi connectivity index (χ0) is 15.2. The summed E-state index contributed by atoms with van der Waals surface area (Å²) in [6.07, 6.45) is 10.0. The van der Waals surface area contributed by atoms with Crippen molar-refractivity contribution in [2.75, 3.05) is 7.11 Å². The predicted octanol–water partition coefficient (Wildman–Crippen LogP) is 3.21. The normalized spacial score (nSPS) is 16.2. The Kier molecular flexibility index (Phi) is 5.10. The van der Waals surface area contributed by atoms with Crippen molar-refractivity contribution < 1.29 is 19.4 Å². The van der Waals surface area contributed by atoms with E-state index >= 15 is 0 Å². The van der Waals surface area contributed by atoms with Gasteiger partial charge in [-0.3, -0.25) is 4.79 Å². The molecular weight excluding hydrogens is 268 g/mol. The smallest absolute Gasteiger partial charge is 0.304 e. The first-order valence-corrected chi connectivity index (χ1v) is 7.16. The number of hydrogen-bond donors (Lipinski definition) is 1. The summed E-state index contributed by atoms with van der Waals surface area (Å²) in [4.78, 5) is 10.9. The minimum absolute atomic E-state index is 0.0916. The number of ether oxygens (including phenoxy) is 2. The number of carboxylic acids is 1. The minimum atomic E-state index is -0.910. The fourth-order valence-corrected chi connectivity index (χ4v) is 2.64. The summed E-state index contributed by atoms with van der Waals surface area (Å²) in [5, 5.41) is 8.92. The Hall–Kier alpha value is -2.15. The Morgan fingerprint density at radius 3 is 2.71 bits per heavy atom. The average Bonchev–Trinajstić information content (AvgIpc) is 2.97. The van der Waals surface area contributed by atoms with Gasteiger partial charge in [0, 0.05) is 0 Å². The summed E-state index contributed by atoms with van der Waals surface area (Å²) in [6, 6.07) is 5.39. The van der Waals surface area contributed by atoms with Crippen LogP contribution in [0.2, 0.25) is 0 Å². The molecule has 0 heterocycles. The van der Waals surface area contributed by atoms with E-state index in [0.717, 1.165) is 18.4 Å². The Labute approximate surface area is 125 Å². The van der Waals surface area contributed by atoms with Crippen LogP contribution >= 0.6 is 0 Å². The second-order valence-corrected chi connectivity index (χ2v) is 5.25. The molecule has 1 aromatic carbocycles. The molecule has 1 fully saturated rings. The van der Waals surface area contributed by atoms with Gasteiger partial charge in [0.15, 0.2) is 11.5 Å². The van der Waals surface area contributed by atoms with E-state index in [-0.39, 0.29) is 12.5 Å². The van der Waals surface area contributed by atoms with E-state index in [2.05, 4.69) is 5.92 Å². The fourth-order valence-electron chi connectivity index (χ4n) is 2.64. The molecule has 0 bridgehead atoms. The monoisotopic (exact) mass is 288 g/mol. The molecule has 1 aliphatic rings. The maximum atomic E-state index is 10.9. The molecule has 4 nitrogen and oxygen atoms in total. The van der Waals surface area contributed by atoms with E-state index in [4.69, 9.17) is 21.0 Å². The van der Waals surface area contributed by atoms with Gasteiger partial charge in [-0.2, -0.15) is 0 Å². The molecule has 4 heteroatoms. The summed E-state index contributed by atoms with van der Waals surface area (Å²) < 4.78 is 11.3. The first kappa shape index (κ1) is 15.2. The topological polar surface area (TPSA) is 55.8 Å². The van der Waals surface area contributed by atoms with Gasteiger partial charge in [-0.1, -0.05) is 12.0 Å². The second kappa shape index (κ2) is 7.03. The van der Waals surface area contributed by atoms with Crippen molar-refractivity contribution in [2.45, 2.75) is 44.1 Å². The molecule has 1 N–H and O–H groups in total. The van der Waals surface area contributed by atoms with E-state index in [1.807, 2.05) is 6.07 Å². The van der Waals surface area contributed by atoms with Crippen LogP contribution in [-0.4, -0.2) is 24.3 Å². The van der Waals surface area contributed by atoms with Crippen LogP contribution in [0.25, 0.3) is 0 Å². The van der Waals surface area contributed by atoms with Crippen LogP contribution in [0.1, 0.15) is 43.6 Å². The van der Waals surface area contributed by atoms with Crippen molar-refractivity contribution in [1.29, 1.82) is 0 Å². The van der Waals surface area contributed by atoms with Crippen LogP contribution in [0.15, 0.2) is 18.2 Å². The van der Waals surface area contributed by atoms with Gasteiger partial charge in [0.25, 0.3) is 0 Å². The number of aliphatic carboxylic acids is 1. The van der Waals surface area contributed by atoms with Gasteiger partial charge in [0.05, 0.1) is 25.6 Å². The number of hydrogen-bond acceptors (Lipinski definition) is 3. The summed E-state index contributed by atoms with van der Waals surface area (Å²) in [5.41, 5.74) is 0.772. The first-order chi connectivity index (χ1) is 10.1. The predicted molar refractivity (Wildman–Crippen MR) is 79.7 cm³/mol. The SMILES string of the molecule is C#CC(CC(=O)O)c1ccc(OC)c(OC2CCCC2)c1. The van der Waals surface area contributed by atoms with Gasteiger partial charge in [-0.05, 0) is 43.4 Å². The summed E-state index contributed by atoms with van der Waals surface area (Å²) >= 11 is 0. The third-order valence-electron chi connectivity index (χ3n) is 3.77. The lowest BCUT2D eigenvalue weighted by Gasteiger charge is -2.18. The van der Waals surface area contributed by atoms with Crippen LogP contribution in [-0.2, 0) is 4.79 Å². The Bertz CT molecular complexity index is 538. The van der Waals surface area contributed by atoms with Crippen LogP contribution in [0.3, 0.4) is 0 Å². The minimum Gasteiger partial charge on any atom is -0.493 e. The van der Waals surface area contributed by atoms with E-state index in [0.29, 0.717) is 11.5 Å². The van der Waals surface area contributed by atoms with Crippen LogP contribution in [0, 0.1) is 12.3 Å². The van der Waals surface area contributed by atoms with Crippen molar-refractivity contribution in [3.05, 3.63) is 23.8 Å². The Morgan fingerprint density at radius 1 is 1.43 bits per heavy atom. The fraction of sp³-hybridized carbons (Fsp3) is 0.471. The Balaban J connectivity index is 2.23. The Morgan fingerprint density at radius 2 is 2.14 bits per heavy atom. The van der Waals surface area contributed by atoms with E-state index in [9.17, 15) is 4.79 Å². The molecule has 0 aromatic heterocycles. The number of benzene rings is 1. The van der Waals surface area contributed by atoms with Gasteiger partial charge in [-0.15, -0.1) is 6.42 Å². The molecule has 0 saturated heterocycles. The highest BCUT2D eigenvalue weighted by Gasteiger charge is 2.20. The van der Waals surface area contributed by atoms with Crippen molar-refractivity contribution in [2.24, 2.45) is 0 Å². The number of carbonyl (C=O) groups is 1. The summed E-state index contributed by atoms with van der Waals surface area (Å²) in [5.74, 6) is 2.46. The first-order valence-electron chi connectivity index (χ1n) is 7.16. The van der Waals surface area contributed by atoms with Crippen molar-refractivity contribution in [3.63, 3.8) is 0 Å². The lowest BCUT2D eigenvalue weighted by Crippen LogP contribution is -2.12. The standard InChI is InChI=1S/C17H20O4/c1-3-12(11-17(18)19)13-8-9-15(20-2)16(10-13)21-14-6-4-5-7-14/h1,8-10,12,14H,4-7,11H2,2H3,(H,18,19). The van der Waals surface area contributed by atoms with Gasteiger partial charge in [-0.25, -0.2) is 0 Å². The van der Waals surface area contributed by atoms with Crippen molar-refractivity contribution in [3.8, 4) is 23.8 Å². The molecule has 112 valence electrons. The number of methoxy groups -OCH3 is 1. The second-order valence-electron chi connectivity index (χ2n) is 5.25. The van der Waals surface area contributed by atoms with Crippen LogP contribution in [0.4, 0.5) is 0 Å². The molecule has 0 radical (unpaired) electrons. The third kappa shape index (κ3) is 3.91. The summed E-state index contributed by atoms with van der Waals surface area (Å²) in [6.45, 7) is 0. The van der Waals surface area contributed by atoms with E-state index in [1.165, 1.54) is 12.8 Å². The number of terminal acetylenes is 1. The molecule has 1 atom stereocenters. The molecule has 0 amide bonds. The largest absolute Gasteiger partial charge is 0.493 e. The van der Waals surface area contributed by atoms with Crippen molar-refractivity contribution >= 4 is 5.97 Å². The van der Waals surface area contributed by atoms with Gasteiger partial charge in [0.1, 0.15) is 0 Å². The molecule has 0 aliphatic heterocycles. The number of carboxylic acid groups (broad SMARTS) is 1. The van der Waals surface area contributed by atoms with Gasteiger partial charge < -0.3 is 14.6 Å². The van der Waals surface area contributed by atoms with Crippen LogP contribution < -0.4 is 9.47 Å². The van der Waals surface area contributed by atoms with Crippen molar-refractivity contribution in [1.82, 2.24) is 0 Å². The highest BCUT2D eigenvalue weighted by atomic mass is 16.5. The molecule has 1 aliphatic carbocycles. The highest BCUT2D eigenvalue weighted by Crippen LogP contribution is 2.34. The molecule has 1 unspecified atom stereocenters. The lowest BCUT2D eigenvalue weighted by molar-refractivity contribution is -0.137. The quantitative estimate of drug-likeness (QED) is 0.817. The van der Waals surface area contributed by atoms with E-state index in [1.54, 1.807) is 19.2 Å². The molecule has 21 heavy (non-hydrogen) atoms. The van der Waals surface area contributed by atoms with Gasteiger partial charge in [0.2, 0.25) is 0 Å². The lowest BCUT2D eigenvalue weighted by atomic mass is 9.96. The average molecular weight is 288 g/mol. The summed E-state index contributed by atoms with van der Waals surface area (Å²) in [7, 11) is 1.59. The maximum absolute atomic E-state index is 10.9. The molecule has 0 spiro atoms. The molecular formula is C17H20O4. The zero-order valence-corrected chi connectivity index (χ0v) is 12.2. The van der Waals surface area contributed by atoms with Gasteiger partial charge >= 0.3 is 5.97 Å². The molecule has 1 aromatic rings. The van der Waals surface area contributed by atoms with Crippen LogP contribution in [0.5, 0.6) is 11.5 Å². The number of rotatable bonds is 6. The third-order valence-corrected chi connectivity index (χ3v) is 3.77. The van der Waals surface area contributed by atoms with E-state index < -0.39 is 11.9 Å². The molecule has 2 rings (SSSR count). The maximum Gasteiger partial charge on any atom is 0.304 e. The molecule has 1 saturated carbocycles. The zero-order valence-electron chi connectivity index (χ0n) is 12.2. The highest BCUT2D eigenvalue weighted by molar-refractivity contribution is 5.69.